The average molecular weight is 310 g/mol. The molecular weight excluding hydrogens is 288 g/mol. The Kier molecular flexibility index (Phi) is 4.35. The molecule has 0 bridgehead atoms. The molecule has 3 rings (SSSR count). The minimum absolute atomic E-state index is 0.108. The van der Waals surface area contributed by atoms with E-state index in [0.29, 0.717) is 23.8 Å². The van der Waals surface area contributed by atoms with Gasteiger partial charge in [-0.25, -0.2) is 0 Å². The highest BCUT2D eigenvalue weighted by Crippen LogP contribution is 2.39. The van der Waals surface area contributed by atoms with Crippen LogP contribution in [0.2, 0.25) is 0 Å². The maximum absolute atomic E-state index is 12.5. The molecule has 0 spiro atoms. The number of hydrogen-bond donors (Lipinski definition) is 2. The first-order chi connectivity index (χ1) is 11.1. The van der Waals surface area contributed by atoms with Gasteiger partial charge in [-0.1, -0.05) is 24.3 Å². The minimum atomic E-state index is -0.326. The minimum Gasteiger partial charge on any atom is -0.457 e. The van der Waals surface area contributed by atoms with Crippen LogP contribution in [0.1, 0.15) is 30.1 Å². The number of nitrogens with one attached hydrogen (secondary N) is 1. The Balaban J connectivity index is 1.72. The molecule has 1 fully saturated rings. The third kappa shape index (κ3) is 3.71. The van der Waals surface area contributed by atoms with Crippen molar-refractivity contribution in [2.24, 2.45) is 11.7 Å². The molecule has 1 saturated carbocycles. The van der Waals surface area contributed by atoms with Crippen LogP contribution in [0.5, 0.6) is 11.5 Å². The van der Waals surface area contributed by atoms with Gasteiger partial charge in [0, 0.05) is 12.1 Å². The number of amides is 1. The average Bonchev–Trinajstić information content (AvgIpc) is 3.41. The van der Waals surface area contributed by atoms with E-state index in [4.69, 9.17) is 10.5 Å². The lowest BCUT2D eigenvalue weighted by atomic mass is 9.95. The van der Waals surface area contributed by atoms with Crippen molar-refractivity contribution < 1.29 is 9.53 Å². The Labute approximate surface area is 136 Å². The first-order valence-corrected chi connectivity index (χ1v) is 7.96. The van der Waals surface area contributed by atoms with Crippen LogP contribution < -0.4 is 15.8 Å². The predicted octanol–water partition coefficient (Wildman–Crippen LogP) is 3.34. The number of rotatable bonds is 6. The SMILES string of the molecule is CC(CN)(NC(=O)c1cccc(Oc2ccccc2)c1)C1CC1. The quantitative estimate of drug-likeness (QED) is 0.860. The topological polar surface area (TPSA) is 64.3 Å². The van der Waals surface area contributed by atoms with Crippen molar-refractivity contribution in [1.29, 1.82) is 0 Å². The summed E-state index contributed by atoms with van der Waals surface area (Å²) in [4.78, 5) is 12.5. The summed E-state index contributed by atoms with van der Waals surface area (Å²) in [7, 11) is 0. The third-order valence-corrected chi connectivity index (χ3v) is 4.38. The number of carbonyl (C=O) groups excluding carboxylic acids is 1. The summed E-state index contributed by atoms with van der Waals surface area (Å²) >= 11 is 0. The molecule has 1 aliphatic rings. The number of para-hydroxylation sites is 1. The molecule has 1 amide bonds. The van der Waals surface area contributed by atoms with E-state index in [1.165, 1.54) is 0 Å². The van der Waals surface area contributed by atoms with Gasteiger partial charge in [-0.15, -0.1) is 0 Å². The van der Waals surface area contributed by atoms with Crippen LogP contribution in [0.15, 0.2) is 54.6 Å². The number of benzene rings is 2. The van der Waals surface area contributed by atoms with E-state index in [-0.39, 0.29) is 11.4 Å². The lowest BCUT2D eigenvalue weighted by Crippen LogP contribution is -2.53. The summed E-state index contributed by atoms with van der Waals surface area (Å²) in [6.45, 7) is 2.47. The Morgan fingerprint density at radius 3 is 2.52 bits per heavy atom. The molecular formula is C19H22N2O2. The van der Waals surface area contributed by atoms with E-state index in [2.05, 4.69) is 5.32 Å². The molecule has 3 N–H and O–H groups in total. The van der Waals surface area contributed by atoms with E-state index in [0.717, 1.165) is 18.6 Å². The zero-order valence-electron chi connectivity index (χ0n) is 13.3. The highest BCUT2D eigenvalue weighted by molar-refractivity contribution is 5.95. The summed E-state index contributed by atoms with van der Waals surface area (Å²) in [5.41, 5.74) is 6.12. The van der Waals surface area contributed by atoms with Gasteiger partial charge in [0.05, 0.1) is 5.54 Å². The first-order valence-electron chi connectivity index (χ1n) is 7.96. The monoisotopic (exact) mass is 310 g/mol. The van der Waals surface area contributed by atoms with Gasteiger partial charge in [0.25, 0.3) is 5.91 Å². The van der Waals surface area contributed by atoms with Gasteiger partial charge in [-0.05, 0) is 56.0 Å². The van der Waals surface area contributed by atoms with Gasteiger partial charge in [0.2, 0.25) is 0 Å². The molecule has 23 heavy (non-hydrogen) atoms. The zero-order valence-corrected chi connectivity index (χ0v) is 13.3. The molecule has 0 aromatic heterocycles. The first kappa shape index (κ1) is 15.6. The van der Waals surface area contributed by atoms with E-state index in [1.54, 1.807) is 12.1 Å². The van der Waals surface area contributed by atoms with Gasteiger partial charge in [0.15, 0.2) is 0 Å². The van der Waals surface area contributed by atoms with E-state index in [1.807, 2.05) is 49.4 Å². The van der Waals surface area contributed by atoms with Crippen molar-refractivity contribution in [3.8, 4) is 11.5 Å². The van der Waals surface area contributed by atoms with Crippen molar-refractivity contribution in [1.82, 2.24) is 5.32 Å². The van der Waals surface area contributed by atoms with Crippen molar-refractivity contribution in [2.75, 3.05) is 6.54 Å². The van der Waals surface area contributed by atoms with Crippen LogP contribution >= 0.6 is 0 Å². The number of hydrogen-bond acceptors (Lipinski definition) is 3. The number of carbonyl (C=O) groups is 1. The molecule has 2 aromatic carbocycles. The summed E-state index contributed by atoms with van der Waals surface area (Å²) < 4.78 is 5.78. The Morgan fingerprint density at radius 2 is 1.87 bits per heavy atom. The molecule has 0 radical (unpaired) electrons. The second-order valence-electron chi connectivity index (χ2n) is 6.29. The second-order valence-corrected chi connectivity index (χ2v) is 6.29. The van der Waals surface area contributed by atoms with Crippen LogP contribution in [0, 0.1) is 5.92 Å². The molecule has 0 aliphatic heterocycles. The molecule has 1 unspecified atom stereocenters. The second kappa shape index (κ2) is 6.42. The maximum atomic E-state index is 12.5. The van der Waals surface area contributed by atoms with E-state index in [9.17, 15) is 4.79 Å². The Morgan fingerprint density at radius 1 is 1.17 bits per heavy atom. The summed E-state index contributed by atoms with van der Waals surface area (Å²) in [6.07, 6.45) is 2.26. The van der Waals surface area contributed by atoms with Gasteiger partial charge in [-0.2, -0.15) is 0 Å². The summed E-state index contributed by atoms with van der Waals surface area (Å²) in [5, 5.41) is 3.09. The van der Waals surface area contributed by atoms with E-state index < -0.39 is 0 Å². The molecule has 0 heterocycles. The highest BCUT2D eigenvalue weighted by Gasteiger charge is 2.41. The maximum Gasteiger partial charge on any atom is 0.251 e. The standard InChI is InChI=1S/C19H22N2O2/c1-19(13-20,15-10-11-15)21-18(22)14-6-5-9-17(12-14)23-16-7-3-2-4-8-16/h2-9,12,15H,10-11,13,20H2,1H3,(H,21,22). The Bertz CT molecular complexity index is 683. The lowest BCUT2D eigenvalue weighted by Gasteiger charge is -2.29. The van der Waals surface area contributed by atoms with Crippen molar-refractivity contribution in [3.05, 3.63) is 60.2 Å². The fourth-order valence-electron chi connectivity index (χ4n) is 2.70. The van der Waals surface area contributed by atoms with Gasteiger partial charge in [0.1, 0.15) is 11.5 Å². The highest BCUT2D eigenvalue weighted by atomic mass is 16.5. The molecule has 1 aliphatic carbocycles. The van der Waals surface area contributed by atoms with Gasteiger partial charge >= 0.3 is 0 Å². The molecule has 4 nitrogen and oxygen atoms in total. The fourth-order valence-corrected chi connectivity index (χ4v) is 2.70. The van der Waals surface area contributed by atoms with Crippen molar-refractivity contribution in [3.63, 3.8) is 0 Å². The third-order valence-electron chi connectivity index (χ3n) is 4.38. The van der Waals surface area contributed by atoms with Crippen molar-refractivity contribution in [2.45, 2.75) is 25.3 Å². The van der Waals surface area contributed by atoms with Crippen molar-refractivity contribution >= 4 is 5.91 Å². The van der Waals surface area contributed by atoms with Gasteiger partial charge in [-0.3, -0.25) is 4.79 Å². The van der Waals surface area contributed by atoms with Crippen LogP contribution in [0.3, 0.4) is 0 Å². The molecule has 0 saturated heterocycles. The Hall–Kier alpha value is -2.33. The smallest absolute Gasteiger partial charge is 0.251 e. The summed E-state index contributed by atoms with van der Waals surface area (Å²) in [5.74, 6) is 1.77. The number of nitrogens with two attached hydrogens (primary N) is 1. The predicted molar refractivity (Wildman–Crippen MR) is 90.6 cm³/mol. The summed E-state index contributed by atoms with van der Waals surface area (Å²) in [6, 6.07) is 16.7. The fraction of sp³-hybridized carbons (Fsp3) is 0.316. The molecule has 2 aromatic rings. The van der Waals surface area contributed by atoms with Crippen LogP contribution in [-0.2, 0) is 0 Å². The zero-order chi connectivity index (χ0) is 16.3. The molecule has 1 atom stereocenters. The van der Waals surface area contributed by atoms with Gasteiger partial charge < -0.3 is 15.8 Å². The van der Waals surface area contributed by atoms with Crippen LogP contribution in [0.25, 0.3) is 0 Å². The lowest BCUT2D eigenvalue weighted by molar-refractivity contribution is 0.0897. The largest absolute Gasteiger partial charge is 0.457 e. The normalized spacial score (nSPS) is 16.4. The molecule has 120 valence electrons. The van der Waals surface area contributed by atoms with Crippen LogP contribution in [-0.4, -0.2) is 18.0 Å². The number of ether oxygens (including phenoxy) is 1. The van der Waals surface area contributed by atoms with E-state index >= 15 is 0 Å². The van der Waals surface area contributed by atoms with Crippen LogP contribution in [0.4, 0.5) is 0 Å². The molecule has 4 heteroatoms.